The van der Waals surface area contributed by atoms with E-state index in [1.54, 1.807) is 12.1 Å². The largest absolute Gasteiger partial charge is 0.354 e. The number of rotatable bonds is 5. The van der Waals surface area contributed by atoms with Crippen molar-refractivity contribution in [1.82, 2.24) is 15.1 Å². The van der Waals surface area contributed by atoms with Gasteiger partial charge in [-0.2, -0.15) is 4.68 Å². The fourth-order valence-electron chi connectivity index (χ4n) is 3.72. The van der Waals surface area contributed by atoms with Crippen molar-refractivity contribution in [2.45, 2.75) is 19.4 Å². The number of nitrogens with one attached hydrogen (secondary N) is 1. The molecule has 0 spiro atoms. The Labute approximate surface area is 184 Å². The maximum Gasteiger partial charge on any atom is 0.271 e. The predicted octanol–water partition coefficient (Wildman–Crippen LogP) is 3.56. The fourth-order valence-corrected chi connectivity index (χ4v) is 3.93. The summed E-state index contributed by atoms with van der Waals surface area (Å²) >= 11 is 6.00. The molecule has 1 atom stereocenters. The van der Waals surface area contributed by atoms with Crippen molar-refractivity contribution >= 4 is 23.3 Å². The molecule has 3 aromatic rings. The van der Waals surface area contributed by atoms with Gasteiger partial charge in [-0.05, 0) is 60.9 Å². The Morgan fingerprint density at radius 3 is 2.74 bits per heavy atom. The normalized spacial score (nSPS) is 16.2. The van der Waals surface area contributed by atoms with Crippen LogP contribution in [0.2, 0.25) is 5.02 Å². The maximum absolute atomic E-state index is 13.2. The number of anilines is 1. The lowest BCUT2D eigenvalue weighted by Crippen LogP contribution is -2.43. The van der Waals surface area contributed by atoms with Crippen LogP contribution in [0.1, 0.15) is 18.4 Å². The zero-order chi connectivity index (χ0) is 21.8. The van der Waals surface area contributed by atoms with E-state index in [4.69, 9.17) is 11.6 Å². The van der Waals surface area contributed by atoms with Crippen molar-refractivity contribution in [1.29, 1.82) is 0 Å². The van der Waals surface area contributed by atoms with Crippen LogP contribution in [-0.4, -0.2) is 28.8 Å². The summed E-state index contributed by atoms with van der Waals surface area (Å²) in [6.45, 7) is 1.67. The molecule has 1 N–H and O–H groups in total. The Bertz CT molecular complexity index is 1130. The van der Waals surface area contributed by atoms with Crippen LogP contribution in [0.5, 0.6) is 0 Å². The first-order valence-electron chi connectivity index (χ1n) is 10.1. The van der Waals surface area contributed by atoms with E-state index < -0.39 is 0 Å². The van der Waals surface area contributed by atoms with E-state index in [-0.39, 0.29) is 23.2 Å². The monoisotopic (exact) mass is 440 g/mol. The molecule has 1 fully saturated rings. The van der Waals surface area contributed by atoms with Crippen molar-refractivity contribution in [3.05, 3.63) is 87.4 Å². The minimum atomic E-state index is -0.379. The molecule has 31 heavy (non-hydrogen) atoms. The third-order valence-electron chi connectivity index (χ3n) is 5.33. The first-order chi connectivity index (χ1) is 15.0. The topological polar surface area (TPSA) is 67.2 Å². The number of hydrogen-bond acceptors (Lipinski definition) is 4. The second-order valence-electron chi connectivity index (χ2n) is 7.55. The molecular formula is C23H22ClFN4O2. The molecule has 0 bridgehead atoms. The molecule has 8 heteroatoms. The third kappa shape index (κ3) is 5.11. The van der Waals surface area contributed by atoms with Crippen LogP contribution in [0.15, 0.2) is 65.5 Å². The number of piperidine rings is 1. The van der Waals surface area contributed by atoms with E-state index in [0.29, 0.717) is 29.6 Å². The highest BCUT2D eigenvalue weighted by Gasteiger charge is 2.26. The van der Waals surface area contributed by atoms with E-state index in [1.165, 1.54) is 35.0 Å². The van der Waals surface area contributed by atoms with Crippen LogP contribution in [0.4, 0.5) is 10.2 Å². The van der Waals surface area contributed by atoms with Crippen molar-refractivity contribution in [3.63, 3.8) is 0 Å². The number of nitrogens with zero attached hydrogens (tertiary/aromatic N) is 3. The van der Waals surface area contributed by atoms with Gasteiger partial charge >= 0.3 is 0 Å². The Balaban J connectivity index is 1.45. The fraction of sp³-hybridized carbons (Fsp3) is 0.261. The van der Waals surface area contributed by atoms with Crippen molar-refractivity contribution in [3.8, 4) is 5.69 Å². The summed E-state index contributed by atoms with van der Waals surface area (Å²) in [6, 6.07) is 16.1. The van der Waals surface area contributed by atoms with Gasteiger partial charge in [0.15, 0.2) is 0 Å². The smallest absolute Gasteiger partial charge is 0.271 e. The molecule has 160 valence electrons. The molecule has 1 unspecified atom stereocenters. The zero-order valence-corrected chi connectivity index (χ0v) is 17.6. The van der Waals surface area contributed by atoms with Gasteiger partial charge < -0.3 is 10.2 Å². The second kappa shape index (κ2) is 9.31. The van der Waals surface area contributed by atoms with E-state index in [1.807, 2.05) is 23.1 Å². The molecule has 0 saturated carbocycles. The minimum absolute atomic E-state index is 0.0171. The second-order valence-corrected chi connectivity index (χ2v) is 7.99. The Morgan fingerprint density at radius 1 is 1.16 bits per heavy atom. The minimum Gasteiger partial charge on any atom is -0.354 e. The molecule has 2 heterocycles. The lowest BCUT2D eigenvalue weighted by atomic mass is 9.97. The lowest BCUT2D eigenvalue weighted by Gasteiger charge is -2.33. The molecule has 1 aromatic heterocycles. The third-order valence-corrected chi connectivity index (χ3v) is 5.56. The SMILES string of the molecule is O=C(NCc1cccc(Cl)c1)C1CCCN(c2ccc(=O)n(-c3ccc(F)cc3)n2)C1. The van der Waals surface area contributed by atoms with Crippen LogP contribution >= 0.6 is 11.6 Å². The van der Waals surface area contributed by atoms with Crippen LogP contribution < -0.4 is 15.8 Å². The van der Waals surface area contributed by atoms with Gasteiger partial charge in [-0.15, -0.1) is 5.10 Å². The summed E-state index contributed by atoms with van der Waals surface area (Å²) < 4.78 is 14.5. The number of carbonyl (C=O) groups excluding carboxylic acids is 1. The number of aromatic nitrogens is 2. The maximum atomic E-state index is 13.2. The van der Waals surface area contributed by atoms with Gasteiger partial charge in [0.05, 0.1) is 11.6 Å². The molecular weight excluding hydrogens is 419 g/mol. The Hall–Kier alpha value is -3.19. The Morgan fingerprint density at radius 2 is 1.97 bits per heavy atom. The first kappa shape index (κ1) is 21.1. The van der Waals surface area contributed by atoms with Gasteiger partial charge in [0.2, 0.25) is 5.91 Å². The summed E-state index contributed by atoms with van der Waals surface area (Å²) in [4.78, 5) is 27.0. The van der Waals surface area contributed by atoms with Crippen LogP contribution in [0.3, 0.4) is 0 Å². The van der Waals surface area contributed by atoms with Crippen molar-refractivity contribution < 1.29 is 9.18 Å². The van der Waals surface area contributed by atoms with Gasteiger partial charge in [-0.1, -0.05) is 23.7 Å². The van der Waals surface area contributed by atoms with Gasteiger partial charge in [0.25, 0.3) is 5.56 Å². The van der Waals surface area contributed by atoms with E-state index in [0.717, 1.165) is 24.9 Å². The molecule has 1 saturated heterocycles. The van der Waals surface area contributed by atoms with E-state index >= 15 is 0 Å². The van der Waals surface area contributed by atoms with Gasteiger partial charge in [-0.3, -0.25) is 9.59 Å². The first-order valence-corrected chi connectivity index (χ1v) is 10.5. The summed E-state index contributed by atoms with van der Waals surface area (Å²) in [7, 11) is 0. The molecule has 0 aliphatic carbocycles. The highest BCUT2D eigenvalue weighted by atomic mass is 35.5. The van der Waals surface area contributed by atoms with E-state index in [9.17, 15) is 14.0 Å². The molecule has 1 aliphatic heterocycles. The van der Waals surface area contributed by atoms with Crippen molar-refractivity contribution in [2.24, 2.45) is 5.92 Å². The zero-order valence-electron chi connectivity index (χ0n) is 16.8. The molecule has 1 aliphatic rings. The standard InChI is InChI=1S/C23H22ClFN4O2/c24-18-5-1-3-16(13-18)14-26-23(31)17-4-2-12-28(15-17)21-10-11-22(30)29(27-21)20-8-6-19(25)7-9-20/h1,3,5-11,13,17H,2,4,12,14-15H2,(H,26,31). The molecule has 6 nitrogen and oxygen atoms in total. The predicted molar refractivity (Wildman–Crippen MR) is 118 cm³/mol. The number of benzene rings is 2. The van der Waals surface area contributed by atoms with Crippen molar-refractivity contribution in [2.75, 3.05) is 18.0 Å². The highest BCUT2D eigenvalue weighted by Crippen LogP contribution is 2.22. The number of amides is 1. The summed E-state index contributed by atoms with van der Waals surface area (Å²) in [5.41, 5.74) is 1.13. The quantitative estimate of drug-likeness (QED) is 0.658. The van der Waals surface area contributed by atoms with Gasteiger partial charge in [0, 0.05) is 30.7 Å². The number of carbonyl (C=O) groups is 1. The number of hydrogen-bond donors (Lipinski definition) is 1. The van der Waals surface area contributed by atoms with Gasteiger partial charge in [0.1, 0.15) is 11.6 Å². The van der Waals surface area contributed by atoms with Crippen LogP contribution in [0, 0.1) is 11.7 Å². The van der Waals surface area contributed by atoms with Crippen LogP contribution in [-0.2, 0) is 11.3 Å². The molecule has 2 aromatic carbocycles. The summed E-state index contributed by atoms with van der Waals surface area (Å²) in [6.07, 6.45) is 1.63. The summed E-state index contributed by atoms with van der Waals surface area (Å²) in [5.74, 6) is 0.0318. The average molecular weight is 441 g/mol. The number of halogens is 2. The summed E-state index contributed by atoms with van der Waals surface area (Å²) in [5, 5.41) is 8.08. The molecule has 4 rings (SSSR count). The molecule has 1 amide bonds. The highest BCUT2D eigenvalue weighted by molar-refractivity contribution is 6.30. The lowest BCUT2D eigenvalue weighted by molar-refractivity contribution is -0.125. The van der Waals surface area contributed by atoms with Gasteiger partial charge in [-0.25, -0.2) is 4.39 Å². The average Bonchev–Trinajstić information content (AvgIpc) is 2.79. The van der Waals surface area contributed by atoms with E-state index in [2.05, 4.69) is 10.4 Å². The van der Waals surface area contributed by atoms with Crippen LogP contribution in [0.25, 0.3) is 5.69 Å². The Kier molecular flexibility index (Phi) is 6.32. The molecule has 0 radical (unpaired) electrons.